The molecule has 0 atom stereocenters. The fraction of sp³-hybridized carbons (Fsp3) is 0.136. The van der Waals surface area contributed by atoms with Crippen molar-refractivity contribution in [1.29, 1.82) is 0 Å². The summed E-state index contributed by atoms with van der Waals surface area (Å²) in [6.07, 6.45) is 5.17. The van der Waals surface area contributed by atoms with Gasteiger partial charge < -0.3 is 14.5 Å². The van der Waals surface area contributed by atoms with Gasteiger partial charge in [-0.2, -0.15) is 0 Å². The Morgan fingerprint density at radius 3 is 2.59 bits per heavy atom. The Hall–Kier alpha value is -3.38. The van der Waals surface area contributed by atoms with Crippen molar-refractivity contribution in [3.8, 4) is 34.3 Å². The fourth-order valence-electron chi connectivity index (χ4n) is 2.83. The molecule has 0 aliphatic rings. The molecular weight excluding hydrogens is 388 g/mol. The van der Waals surface area contributed by atoms with Crippen molar-refractivity contribution in [2.45, 2.75) is 13.5 Å². The van der Waals surface area contributed by atoms with Gasteiger partial charge in [-0.3, -0.25) is 9.97 Å². The Balaban J connectivity index is 1.54. The number of methoxy groups -OCH3 is 1. The molecule has 3 aromatic heterocycles. The zero-order valence-corrected chi connectivity index (χ0v) is 16.8. The third kappa shape index (κ3) is 4.38. The van der Waals surface area contributed by atoms with E-state index in [9.17, 15) is 0 Å². The molecule has 146 valence electrons. The maximum Gasteiger partial charge on any atom is 0.156 e. The number of aromatic amines is 1. The highest BCUT2D eigenvalue weighted by Crippen LogP contribution is 2.33. The van der Waals surface area contributed by atoms with Gasteiger partial charge in [0.05, 0.1) is 29.7 Å². The predicted octanol–water partition coefficient (Wildman–Crippen LogP) is 5.08. The van der Waals surface area contributed by atoms with E-state index in [4.69, 9.17) is 21.1 Å². The Bertz CT molecular complexity index is 1110. The number of hydrogen-bond acceptors (Lipinski definition) is 5. The SMILES string of the molecule is COc1cc(OCc2ccc(C)cn2)ccc1-c1cnc(-c2ccc(Cl)cn2)[nH]1. The summed E-state index contributed by atoms with van der Waals surface area (Å²) in [5.74, 6) is 2.04. The summed E-state index contributed by atoms with van der Waals surface area (Å²) in [6.45, 7) is 2.39. The maximum atomic E-state index is 5.90. The first-order chi connectivity index (χ1) is 14.1. The minimum atomic E-state index is 0.388. The smallest absolute Gasteiger partial charge is 0.156 e. The minimum absolute atomic E-state index is 0.388. The van der Waals surface area contributed by atoms with Crippen molar-refractivity contribution in [2.24, 2.45) is 0 Å². The second-order valence-electron chi connectivity index (χ2n) is 6.48. The van der Waals surface area contributed by atoms with E-state index in [2.05, 4.69) is 19.9 Å². The number of rotatable bonds is 6. The second kappa shape index (κ2) is 8.32. The largest absolute Gasteiger partial charge is 0.496 e. The molecule has 0 aliphatic heterocycles. The average Bonchev–Trinajstić information content (AvgIpc) is 3.23. The Morgan fingerprint density at radius 2 is 1.86 bits per heavy atom. The van der Waals surface area contributed by atoms with Crippen LogP contribution in [0.5, 0.6) is 11.5 Å². The summed E-state index contributed by atoms with van der Waals surface area (Å²) in [6, 6.07) is 13.2. The molecule has 4 aromatic rings. The number of halogens is 1. The highest BCUT2D eigenvalue weighted by atomic mass is 35.5. The number of H-pyrrole nitrogens is 1. The van der Waals surface area contributed by atoms with Gasteiger partial charge in [-0.25, -0.2) is 4.98 Å². The third-order valence-electron chi connectivity index (χ3n) is 4.37. The highest BCUT2D eigenvalue weighted by Gasteiger charge is 2.12. The molecule has 0 fully saturated rings. The molecule has 1 aromatic carbocycles. The Morgan fingerprint density at radius 1 is 0.966 bits per heavy atom. The fourth-order valence-corrected chi connectivity index (χ4v) is 2.94. The molecule has 0 saturated carbocycles. The van der Waals surface area contributed by atoms with Crippen molar-refractivity contribution >= 4 is 11.6 Å². The number of nitrogens with one attached hydrogen (secondary N) is 1. The third-order valence-corrected chi connectivity index (χ3v) is 4.59. The lowest BCUT2D eigenvalue weighted by atomic mass is 10.1. The van der Waals surface area contributed by atoms with Gasteiger partial charge >= 0.3 is 0 Å². The zero-order chi connectivity index (χ0) is 20.2. The van der Waals surface area contributed by atoms with Crippen molar-refractivity contribution in [1.82, 2.24) is 19.9 Å². The van der Waals surface area contributed by atoms with Crippen molar-refractivity contribution in [3.05, 3.63) is 77.3 Å². The van der Waals surface area contributed by atoms with E-state index in [1.54, 1.807) is 25.6 Å². The first-order valence-corrected chi connectivity index (χ1v) is 9.40. The molecule has 4 rings (SSSR count). The summed E-state index contributed by atoms with van der Waals surface area (Å²) in [4.78, 5) is 16.3. The summed E-state index contributed by atoms with van der Waals surface area (Å²) in [5, 5.41) is 0.582. The maximum absolute atomic E-state index is 5.90. The van der Waals surface area contributed by atoms with Crippen LogP contribution in [-0.4, -0.2) is 27.0 Å². The van der Waals surface area contributed by atoms with E-state index in [-0.39, 0.29) is 0 Å². The van der Waals surface area contributed by atoms with Gasteiger partial charge in [0, 0.05) is 24.0 Å². The van der Waals surface area contributed by atoms with Gasteiger partial charge in [0.15, 0.2) is 5.82 Å². The number of imidazole rings is 1. The molecule has 0 bridgehead atoms. The van der Waals surface area contributed by atoms with Crippen LogP contribution in [0.2, 0.25) is 5.02 Å². The first kappa shape index (κ1) is 19.0. The van der Waals surface area contributed by atoms with Gasteiger partial charge in [0.2, 0.25) is 0 Å². The number of benzene rings is 1. The van der Waals surface area contributed by atoms with Crippen LogP contribution in [0.4, 0.5) is 0 Å². The predicted molar refractivity (Wildman–Crippen MR) is 112 cm³/mol. The van der Waals surface area contributed by atoms with E-state index in [0.29, 0.717) is 34.6 Å². The summed E-state index contributed by atoms with van der Waals surface area (Å²) in [7, 11) is 1.63. The van der Waals surface area contributed by atoms with E-state index in [0.717, 1.165) is 22.5 Å². The van der Waals surface area contributed by atoms with Crippen LogP contribution in [-0.2, 0) is 6.61 Å². The molecule has 3 heterocycles. The molecule has 0 radical (unpaired) electrons. The molecule has 1 N–H and O–H groups in total. The number of ether oxygens (including phenoxy) is 2. The van der Waals surface area contributed by atoms with Crippen LogP contribution in [0.15, 0.2) is 61.1 Å². The van der Waals surface area contributed by atoms with Gasteiger partial charge in [-0.15, -0.1) is 0 Å². The van der Waals surface area contributed by atoms with Crippen molar-refractivity contribution in [3.63, 3.8) is 0 Å². The van der Waals surface area contributed by atoms with Crippen LogP contribution in [0.25, 0.3) is 22.8 Å². The zero-order valence-electron chi connectivity index (χ0n) is 16.0. The van der Waals surface area contributed by atoms with E-state index in [1.165, 1.54) is 0 Å². The summed E-state index contributed by atoms with van der Waals surface area (Å²) in [5.41, 5.74) is 4.39. The molecule has 29 heavy (non-hydrogen) atoms. The monoisotopic (exact) mass is 406 g/mol. The Labute approximate surface area is 173 Å². The Kier molecular flexibility index (Phi) is 5.44. The topological polar surface area (TPSA) is 72.9 Å². The molecule has 6 nitrogen and oxygen atoms in total. The number of hydrogen-bond donors (Lipinski definition) is 1. The quantitative estimate of drug-likeness (QED) is 0.483. The normalized spacial score (nSPS) is 10.7. The van der Waals surface area contributed by atoms with E-state index in [1.807, 2.05) is 49.5 Å². The number of nitrogens with zero attached hydrogens (tertiary/aromatic N) is 3. The standard InChI is InChI=1S/C22H19ClN4O2/c1-14-3-5-16(24-10-14)13-29-17-6-7-18(21(9-17)28-2)20-12-26-22(27-20)19-8-4-15(23)11-25-19/h3-12H,13H2,1-2H3,(H,26,27). The highest BCUT2D eigenvalue weighted by molar-refractivity contribution is 6.30. The number of pyridine rings is 2. The molecular formula is C22H19ClN4O2. The van der Waals surface area contributed by atoms with Crippen LogP contribution in [0.3, 0.4) is 0 Å². The van der Waals surface area contributed by atoms with Crippen LogP contribution >= 0.6 is 11.6 Å². The lowest BCUT2D eigenvalue weighted by molar-refractivity contribution is 0.299. The summed E-state index contributed by atoms with van der Waals surface area (Å²) >= 11 is 5.90. The molecule has 0 aliphatic carbocycles. The van der Waals surface area contributed by atoms with Gasteiger partial charge in [-0.1, -0.05) is 17.7 Å². The first-order valence-electron chi connectivity index (χ1n) is 9.02. The second-order valence-corrected chi connectivity index (χ2v) is 6.92. The number of aromatic nitrogens is 4. The van der Waals surface area contributed by atoms with Crippen LogP contribution < -0.4 is 9.47 Å². The molecule has 0 amide bonds. The minimum Gasteiger partial charge on any atom is -0.496 e. The van der Waals surface area contributed by atoms with E-state index >= 15 is 0 Å². The van der Waals surface area contributed by atoms with Gasteiger partial charge in [0.25, 0.3) is 0 Å². The lowest BCUT2D eigenvalue weighted by Crippen LogP contribution is -1.99. The van der Waals surface area contributed by atoms with Crippen LogP contribution in [0.1, 0.15) is 11.3 Å². The van der Waals surface area contributed by atoms with Gasteiger partial charge in [-0.05, 0) is 42.8 Å². The molecule has 0 unspecified atom stereocenters. The number of aryl methyl sites for hydroxylation is 1. The van der Waals surface area contributed by atoms with Crippen molar-refractivity contribution < 1.29 is 9.47 Å². The van der Waals surface area contributed by atoms with E-state index < -0.39 is 0 Å². The molecule has 7 heteroatoms. The lowest BCUT2D eigenvalue weighted by Gasteiger charge is -2.11. The van der Waals surface area contributed by atoms with Gasteiger partial charge in [0.1, 0.15) is 23.8 Å². The van der Waals surface area contributed by atoms with Crippen LogP contribution in [0, 0.1) is 6.92 Å². The molecule has 0 spiro atoms. The van der Waals surface area contributed by atoms with Crippen molar-refractivity contribution in [2.75, 3.05) is 7.11 Å². The average molecular weight is 407 g/mol. The molecule has 0 saturated heterocycles. The summed E-state index contributed by atoms with van der Waals surface area (Å²) < 4.78 is 11.4.